The summed E-state index contributed by atoms with van der Waals surface area (Å²) in [5.41, 5.74) is 1.55. The monoisotopic (exact) mass is 423 g/mol. The fourth-order valence-electron chi connectivity index (χ4n) is 2.92. The molecule has 0 amide bonds. The van der Waals surface area contributed by atoms with Crippen molar-refractivity contribution in [1.29, 1.82) is 0 Å². The molecular weight excluding hydrogens is 386 g/mol. The van der Waals surface area contributed by atoms with Gasteiger partial charge in [0.25, 0.3) is 0 Å². The summed E-state index contributed by atoms with van der Waals surface area (Å²) in [7, 11) is 0. The predicted molar refractivity (Wildman–Crippen MR) is 129 cm³/mol. The normalized spacial score (nSPS) is 12.0. The quantitative estimate of drug-likeness (QED) is 0.186. The Balaban J connectivity index is 1.73. The first kappa shape index (κ1) is 24.5. The summed E-state index contributed by atoms with van der Waals surface area (Å²) in [6.45, 7) is 7.98. The van der Waals surface area contributed by atoms with Gasteiger partial charge < -0.3 is 14.8 Å². The number of rotatable bonds is 15. The molecule has 0 heterocycles. The predicted octanol–water partition coefficient (Wildman–Crippen LogP) is 7.27. The summed E-state index contributed by atoms with van der Waals surface area (Å²) in [5.74, 6) is 2.13. The van der Waals surface area contributed by atoms with E-state index in [4.69, 9.17) is 9.47 Å². The smallest absolute Gasteiger partial charge is 0.187 e. The lowest BCUT2D eigenvalue weighted by molar-refractivity contribution is 0.104. The van der Waals surface area contributed by atoms with Crippen LogP contribution in [0.5, 0.6) is 11.5 Å². The topological polar surface area (TPSA) is 47.6 Å². The zero-order valence-electron chi connectivity index (χ0n) is 19.2. The molecule has 0 unspecified atom stereocenters. The SMILES string of the molecule is CCCCCCCOc1ccc(N/C=C/C(=O)c2ccc(OC[C@@H](C)CC)cc2)cc1. The molecule has 0 radical (unpaired) electrons. The zero-order chi connectivity index (χ0) is 22.3. The lowest BCUT2D eigenvalue weighted by atomic mass is 10.1. The molecule has 0 saturated heterocycles. The lowest BCUT2D eigenvalue weighted by Gasteiger charge is -2.10. The van der Waals surface area contributed by atoms with Crippen molar-refractivity contribution in [2.75, 3.05) is 18.5 Å². The van der Waals surface area contributed by atoms with Crippen molar-refractivity contribution in [2.45, 2.75) is 59.3 Å². The molecule has 2 aromatic rings. The van der Waals surface area contributed by atoms with Crippen molar-refractivity contribution in [1.82, 2.24) is 0 Å². The Morgan fingerprint density at radius 2 is 1.55 bits per heavy atom. The molecule has 0 saturated carbocycles. The van der Waals surface area contributed by atoms with Crippen molar-refractivity contribution in [3.63, 3.8) is 0 Å². The molecule has 1 N–H and O–H groups in total. The maximum atomic E-state index is 12.3. The number of hydrogen-bond donors (Lipinski definition) is 1. The van der Waals surface area contributed by atoms with Gasteiger partial charge in [-0.25, -0.2) is 0 Å². The Morgan fingerprint density at radius 3 is 2.23 bits per heavy atom. The first-order chi connectivity index (χ1) is 15.1. The number of carbonyl (C=O) groups excluding carboxylic acids is 1. The molecule has 0 bridgehead atoms. The molecule has 4 heteroatoms. The van der Waals surface area contributed by atoms with Crippen molar-refractivity contribution >= 4 is 11.5 Å². The second-order valence-corrected chi connectivity index (χ2v) is 7.98. The van der Waals surface area contributed by atoms with E-state index >= 15 is 0 Å². The van der Waals surface area contributed by atoms with E-state index in [0.717, 1.165) is 36.6 Å². The molecule has 1 atom stereocenters. The minimum Gasteiger partial charge on any atom is -0.494 e. The highest BCUT2D eigenvalue weighted by Gasteiger charge is 2.04. The molecule has 168 valence electrons. The summed E-state index contributed by atoms with van der Waals surface area (Å²) in [6.07, 6.45) is 10.4. The number of anilines is 1. The van der Waals surface area contributed by atoms with Gasteiger partial charge in [0.1, 0.15) is 11.5 Å². The molecule has 31 heavy (non-hydrogen) atoms. The number of unbranched alkanes of at least 4 members (excludes halogenated alkanes) is 4. The fourth-order valence-corrected chi connectivity index (χ4v) is 2.92. The fraction of sp³-hybridized carbons (Fsp3) is 0.444. The van der Waals surface area contributed by atoms with Crippen LogP contribution in [0.2, 0.25) is 0 Å². The van der Waals surface area contributed by atoms with E-state index in [1.807, 2.05) is 36.4 Å². The van der Waals surface area contributed by atoms with Crippen molar-refractivity contribution in [2.24, 2.45) is 5.92 Å². The van der Waals surface area contributed by atoms with Crippen LogP contribution in [-0.2, 0) is 0 Å². The minimum absolute atomic E-state index is 0.0518. The van der Waals surface area contributed by atoms with Crippen LogP contribution in [0.4, 0.5) is 5.69 Å². The second-order valence-electron chi connectivity index (χ2n) is 7.98. The molecule has 0 aliphatic carbocycles. The van der Waals surface area contributed by atoms with E-state index in [-0.39, 0.29) is 5.78 Å². The molecular formula is C27H37NO3. The molecule has 0 aliphatic heterocycles. The Morgan fingerprint density at radius 1 is 0.903 bits per heavy atom. The van der Waals surface area contributed by atoms with Crippen molar-refractivity contribution in [3.05, 3.63) is 66.4 Å². The van der Waals surface area contributed by atoms with Gasteiger partial charge >= 0.3 is 0 Å². The summed E-state index contributed by atoms with van der Waals surface area (Å²) < 4.78 is 11.5. The van der Waals surface area contributed by atoms with E-state index in [2.05, 4.69) is 26.1 Å². The molecule has 0 aliphatic rings. The second kappa shape index (κ2) is 14.3. The summed E-state index contributed by atoms with van der Waals surface area (Å²) in [5, 5.41) is 3.13. The van der Waals surface area contributed by atoms with Gasteiger partial charge in [-0.05, 0) is 60.9 Å². The van der Waals surface area contributed by atoms with Crippen LogP contribution < -0.4 is 14.8 Å². The standard InChI is InChI=1S/C27H37NO3/c1-4-6-7-8-9-20-30-25-16-12-24(13-17-25)28-19-18-27(29)23-10-14-26(15-11-23)31-21-22(3)5-2/h10-19,22,28H,4-9,20-21H2,1-3H3/b19-18+/t22-/m0/s1. The number of benzene rings is 2. The summed E-state index contributed by atoms with van der Waals surface area (Å²) >= 11 is 0. The molecule has 0 spiro atoms. The first-order valence-electron chi connectivity index (χ1n) is 11.6. The van der Waals surface area contributed by atoms with E-state index in [9.17, 15) is 4.79 Å². The molecule has 4 nitrogen and oxygen atoms in total. The van der Waals surface area contributed by atoms with Crippen molar-refractivity contribution < 1.29 is 14.3 Å². The molecule has 0 aromatic heterocycles. The van der Waals surface area contributed by atoms with Crippen LogP contribution in [0, 0.1) is 5.92 Å². The van der Waals surface area contributed by atoms with E-state index in [1.165, 1.54) is 31.8 Å². The van der Waals surface area contributed by atoms with Gasteiger partial charge in [0.05, 0.1) is 13.2 Å². The molecule has 0 fully saturated rings. The third-order valence-corrected chi connectivity index (χ3v) is 5.23. The van der Waals surface area contributed by atoms with Gasteiger partial charge in [-0.1, -0.05) is 52.9 Å². The Kier molecular flexibility index (Phi) is 11.3. The van der Waals surface area contributed by atoms with Gasteiger partial charge in [-0.2, -0.15) is 0 Å². The number of ether oxygens (including phenoxy) is 2. The molecule has 2 aromatic carbocycles. The Labute approximate surface area is 187 Å². The Hall–Kier alpha value is -2.75. The van der Waals surface area contributed by atoms with E-state index in [0.29, 0.717) is 18.1 Å². The van der Waals surface area contributed by atoms with Crippen LogP contribution in [-0.4, -0.2) is 19.0 Å². The highest BCUT2D eigenvalue weighted by atomic mass is 16.5. The first-order valence-corrected chi connectivity index (χ1v) is 11.6. The van der Waals surface area contributed by atoms with Crippen LogP contribution in [0.25, 0.3) is 0 Å². The number of hydrogen-bond acceptors (Lipinski definition) is 4. The number of carbonyl (C=O) groups is 1. The van der Waals surface area contributed by atoms with E-state index < -0.39 is 0 Å². The minimum atomic E-state index is -0.0518. The average molecular weight is 424 g/mol. The van der Waals surface area contributed by atoms with Crippen molar-refractivity contribution in [3.8, 4) is 11.5 Å². The van der Waals surface area contributed by atoms with Gasteiger partial charge in [0.15, 0.2) is 5.78 Å². The highest BCUT2D eigenvalue weighted by molar-refractivity contribution is 6.04. The van der Waals surface area contributed by atoms with Crippen LogP contribution in [0.1, 0.15) is 69.7 Å². The Bertz CT molecular complexity index is 781. The zero-order valence-corrected chi connectivity index (χ0v) is 19.2. The van der Waals surface area contributed by atoms with Crippen LogP contribution in [0.3, 0.4) is 0 Å². The van der Waals surface area contributed by atoms with E-state index in [1.54, 1.807) is 18.3 Å². The van der Waals surface area contributed by atoms with Gasteiger partial charge in [-0.15, -0.1) is 0 Å². The van der Waals surface area contributed by atoms with Crippen LogP contribution in [0.15, 0.2) is 60.8 Å². The average Bonchev–Trinajstić information content (AvgIpc) is 2.81. The third kappa shape index (κ3) is 9.73. The summed E-state index contributed by atoms with van der Waals surface area (Å²) in [6, 6.07) is 15.1. The van der Waals surface area contributed by atoms with Gasteiger partial charge in [-0.3, -0.25) is 4.79 Å². The molecule has 2 rings (SSSR count). The maximum absolute atomic E-state index is 12.3. The summed E-state index contributed by atoms with van der Waals surface area (Å²) in [4.78, 5) is 12.3. The maximum Gasteiger partial charge on any atom is 0.187 e. The van der Waals surface area contributed by atoms with Gasteiger partial charge in [0.2, 0.25) is 0 Å². The highest BCUT2D eigenvalue weighted by Crippen LogP contribution is 2.17. The largest absolute Gasteiger partial charge is 0.494 e. The number of allylic oxidation sites excluding steroid dienone is 1. The third-order valence-electron chi connectivity index (χ3n) is 5.23. The number of nitrogens with one attached hydrogen (secondary N) is 1. The van der Waals surface area contributed by atoms with Gasteiger partial charge in [0, 0.05) is 23.5 Å². The van der Waals surface area contributed by atoms with Crippen LogP contribution >= 0.6 is 0 Å². The lowest BCUT2D eigenvalue weighted by Crippen LogP contribution is -2.07. The number of ketones is 1.